The van der Waals surface area contributed by atoms with Crippen LogP contribution in [0.5, 0.6) is 0 Å². The molecule has 1 aromatic carbocycles. The van der Waals surface area contributed by atoms with Gasteiger partial charge in [-0.15, -0.1) is 12.4 Å². The summed E-state index contributed by atoms with van der Waals surface area (Å²) in [7, 11) is -3.72. The summed E-state index contributed by atoms with van der Waals surface area (Å²) in [6.45, 7) is 3.17. The number of nitrogens with zero attached hydrogens (tertiary/aromatic N) is 2. The second kappa shape index (κ2) is 8.13. The number of carbonyl (C=O) groups excluding carboxylic acids is 2. The fraction of sp³-hybridized carbons (Fsp3) is 0.467. The van der Waals surface area contributed by atoms with E-state index in [1.807, 2.05) is 0 Å². The lowest BCUT2D eigenvalue weighted by Crippen LogP contribution is -2.49. The van der Waals surface area contributed by atoms with Crippen LogP contribution in [-0.2, 0) is 14.8 Å². The lowest BCUT2D eigenvalue weighted by Gasteiger charge is -2.28. The van der Waals surface area contributed by atoms with E-state index < -0.39 is 10.0 Å². The molecule has 25 heavy (non-hydrogen) atoms. The number of amides is 2. The molecule has 1 aromatic rings. The van der Waals surface area contributed by atoms with Crippen molar-refractivity contribution in [1.82, 2.24) is 19.8 Å². The molecule has 0 bridgehead atoms. The molecule has 10 heteroatoms. The Bertz CT molecular complexity index is 732. The fourth-order valence-corrected chi connectivity index (χ4v) is 4.19. The number of sulfonamides is 1. The summed E-state index contributed by atoms with van der Waals surface area (Å²) in [5.41, 5.74) is 0.465. The zero-order valence-electron chi connectivity index (χ0n) is 13.6. The maximum absolute atomic E-state index is 12.6. The first-order chi connectivity index (χ1) is 11.5. The number of nitrogens with one attached hydrogen (secondary N) is 2. The van der Waals surface area contributed by atoms with E-state index in [0.29, 0.717) is 25.2 Å². The van der Waals surface area contributed by atoms with Crippen molar-refractivity contribution in [1.29, 1.82) is 0 Å². The number of carbonyl (C=O) groups is 2. The smallest absolute Gasteiger partial charge is 0.253 e. The molecule has 8 nitrogen and oxygen atoms in total. The normalized spacial score (nSPS) is 19.0. The first-order valence-corrected chi connectivity index (χ1v) is 9.29. The SMILES string of the molecule is Cl.O=C1CN(S(=O)(=O)c2ccc(C(=O)N3CCNCC3)cc2)CCN1. The summed E-state index contributed by atoms with van der Waals surface area (Å²) in [6, 6.07) is 5.91. The van der Waals surface area contributed by atoms with Gasteiger partial charge in [-0.3, -0.25) is 9.59 Å². The fourth-order valence-electron chi connectivity index (χ4n) is 2.79. The summed E-state index contributed by atoms with van der Waals surface area (Å²) in [5, 5.41) is 5.77. The van der Waals surface area contributed by atoms with Gasteiger partial charge in [0.15, 0.2) is 0 Å². The second-order valence-corrected chi connectivity index (χ2v) is 7.69. The molecule has 2 aliphatic rings. The van der Waals surface area contributed by atoms with E-state index in [2.05, 4.69) is 10.6 Å². The Balaban J connectivity index is 0.00000225. The minimum atomic E-state index is -3.72. The highest BCUT2D eigenvalue weighted by Gasteiger charge is 2.29. The maximum Gasteiger partial charge on any atom is 0.253 e. The summed E-state index contributed by atoms with van der Waals surface area (Å²) < 4.78 is 26.3. The molecule has 2 saturated heterocycles. The molecule has 0 radical (unpaired) electrons. The van der Waals surface area contributed by atoms with Gasteiger partial charge in [-0.2, -0.15) is 4.31 Å². The van der Waals surface area contributed by atoms with Crippen molar-refractivity contribution in [3.63, 3.8) is 0 Å². The van der Waals surface area contributed by atoms with Gasteiger partial charge in [-0.25, -0.2) is 8.42 Å². The van der Waals surface area contributed by atoms with Gasteiger partial charge in [0.25, 0.3) is 5.91 Å². The standard InChI is InChI=1S/C15H20N4O4S.ClH/c20-14-11-19(10-7-17-14)24(22,23)13-3-1-12(2-4-13)15(21)18-8-5-16-6-9-18;/h1-4,16H,5-11H2,(H,17,20);1H. The van der Waals surface area contributed by atoms with Gasteiger partial charge in [0, 0.05) is 44.8 Å². The molecular weight excluding hydrogens is 368 g/mol. The monoisotopic (exact) mass is 388 g/mol. The largest absolute Gasteiger partial charge is 0.354 e. The van der Waals surface area contributed by atoms with Crippen LogP contribution in [-0.4, -0.2) is 75.3 Å². The molecule has 0 atom stereocenters. The van der Waals surface area contributed by atoms with Crippen molar-refractivity contribution in [2.24, 2.45) is 0 Å². The lowest BCUT2D eigenvalue weighted by atomic mass is 10.2. The van der Waals surface area contributed by atoms with Gasteiger partial charge >= 0.3 is 0 Å². The summed E-state index contributed by atoms with van der Waals surface area (Å²) >= 11 is 0. The van der Waals surface area contributed by atoms with Crippen LogP contribution >= 0.6 is 12.4 Å². The number of halogens is 1. The van der Waals surface area contributed by atoms with Crippen molar-refractivity contribution < 1.29 is 18.0 Å². The predicted octanol–water partition coefficient (Wildman–Crippen LogP) is -0.726. The molecule has 2 fully saturated rings. The highest BCUT2D eigenvalue weighted by atomic mass is 35.5. The lowest BCUT2D eigenvalue weighted by molar-refractivity contribution is -0.122. The van der Waals surface area contributed by atoms with Crippen LogP contribution in [0.3, 0.4) is 0 Å². The minimum Gasteiger partial charge on any atom is -0.354 e. The van der Waals surface area contributed by atoms with Crippen molar-refractivity contribution in [3.05, 3.63) is 29.8 Å². The third kappa shape index (κ3) is 4.30. The molecule has 2 amide bonds. The van der Waals surface area contributed by atoms with Crippen molar-refractivity contribution >= 4 is 34.2 Å². The van der Waals surface area contributed by atoms with Gasteiger partial charge in [0.1, 0.15) is 0 Å². The highest BCUT2D eigenvalue weighted by Crippen LogP contribution is 2.18. The molecule has 0 unspecified atom stereocenters. The average molecular weight is 389 g/mol. The number of benzene rings is 1. The molecule has 2 aliphatic heterocycles. The second-order valence-electron chi connectivity index (χ2n) is 5.76. The van der Waals surface area contributed by atoms with Crippen LogP contribution in [0.1, 0.15) is 10.4 Å². The van der Waals surface area contributed by atoms with E-state index in [1.54, 1.807) is 4.90 Å². The Labute approximate surface area is 153 Å². The van der Waals surface area contributed by atoms with Crippen LogP contribution < -0.4 is 10.6 Å². The Morgan fingerprint density at radius 1 is 1.00 bits per heavy atom. The average Bonchev–Trinajstić information content (AvgIpc) is 2.62. The van der Waals surface area contributed by atoms with E-state index in [9.17, 15) is 18.0 Å². The molecule has 2 heterocycles. The van der Waals surface area contributed by atoms with E-state index in [0.717, 1.165) is 17.4 Å². The third-order valence-electron chi connectivity index (χ3n) is 4.15. The van der Waals surface area contributed by atoms with Crippen LogP contribution in [0.2, 0.25) is 0 Å². The van der Waals surface area contributed by atoms with Crippen LogP contribution in [0.15, 0.2) is 29.2 Å². The quantitative estimate of drug-likeness (QED) is 0.711. The van der Waals surface area contributed by atoms with Crippen molar-refractivity contribution in [2.75, 3.05) is 45.8 Å². The highest BCUT2D eigenvalue weighted by molar-refractivity contribution is 7.89. The topological polar surface area (TPSA) is 98.8 Å². The molecule has 0 saturated carbocycles. The zero-order chi connectivity index (χ0) is 17.2. The molecule has 0 aliphatic carbocycles. The van der Waals surface area contributed by atoms with E-state index in [-0.39, 0.29) is 42.2 Å². The maximum atomic E-state index is 12.6. The van der Waals surface area contributed by atoms with Gasteiger partial charge in [-0.05, 0) is 24.3 Å². The summed E-state index contributed by atoms with van der Waals surface area (Å²) in [4.78, 5) is 25.6. The van der Waals surface area contributed by atoms with Crippen LogP contribution in [0.4, 0.5) is 0 Å². The van der Waals surface area contributed by atoms with Crippen LogP contribution in [0, 0.1) is 0 Å². The summed E-state index contributed by atoms with van der Waals surface area (Å²) in [5.74, 6) is -0.409. The molecular formula is C15H21ClN4O4S. The van der Waals surface area contributed by atoms with Gasteiger partial charge in [0.2, 0.25) is 15.9 Å². The first-order valence-electron chi connectivity index (χ1n) is 7.85. The molecule has 3 rings (SSSR count). The van der Waals surface area contributed by atoms with E-state index in [1.165, 1.54) is 24.3 Å². The Hall–Kier alpha value is -1.68. The molecule has 138 valence electrons. The van der Waals surface area contributed by atoms with Crippen molar-refractivity contribution in [2.45, 2.75) is 4.90 Å². The number of piperazine rings is 2. The predicted molar refractivity (Wildman–Crippen MR) is 94.2 cm³/mol. The number of rotatable bonds is 3. The van der Waals surface area contributed by atoms with Gasteiger partial charge < -0.3 is 15.5 Å². The summed E-state index contributed by atoms with van der Waals surface area (Å²) in [6.07, 6.45) is 0. The van der Waals surface area contributed by atoms with Gasteiger partial charge in [0.05, 0.1) is 11.4 Å². The molecule has 2 N–H and O–H groups in total. The number of hydrogen-bond acceptors (Lipinski definition) is 5. The van der Waals surface area contributed by atoms with E-state index in [4.69, 9.17) is 0 Å². The van der Waals surface area contributed by atoms with Crippen LogP contribution in [0.25, 0.3) is 0 Å². The third-order valence-corrected chi connectivity index (χ3v) is 6.01. The van der Waals surface area contributed by atoms with E-state index >= 15 is 0 Å². The Morgan fingerprint density at radius 3 is 2.24 bits per heavy atom. The Morgan fingerprint density at radius 2 is 1.64 bits per heavy atom. The van der Waals surface area contributed by atoms with Crippen molar-refractivity contribution in [3.8, 4) is 0 Å². The van der Waals surface area contributed by atoms with Gasteiger partial charge in [-0.1, -0.05) is 0 Å². The molecule has 0 aromatic heterocycles. The minimum absolute atomic E-state index is 0. The number of hydrogen-bond donors (Lipinski definition) is 2. The zero-order valence-corrected chi connectivity index (χ0v) is 15.2. The first kappa shape index (κ1) is 19.6. The Kier molecular flexibility index (Phi) is 6.39. The molecule has 0 spiro atoms.